The van der Waals surface area contributed by atoms with Crippen molar-refractivity contribution in [2.24, 2.45) is 0 Å². The van der Waals surface area contributed by atoms with E-state index in [1.54, 1.807) is 19.1 Å². The standard InChI is InChI=1S/C25H26N4O2S/c1-17-14-15-18(25(2,3)4)16-22(17)32(30,31)29-24-23(26-19-10-6-5-7-11-19)27-20-12-8-9-13-21(20)28-24/h5-16H,1-4H3,(H,26,27)(H,28,29). The molecule has 0 aliphatic rings. The number of hydrogen-bond donors (Lipinski definition) is 2. The minimum atomic E-state index is -3.90. The lowest BCUT2D eigenvalue weighted by Crippen LogP contribution is -2.19. The minimum absolute atomic E-state index is 0.146. The molecule has 164 valence electrons. The number of nitrogens with one attached hydrogen (secondary N) is 2. The maximum atomic E-state index is 13.4. The Morgan fingerprint density at radius 2 is 1.38 bits per heavy atom. The fourth-order valence-electron chi connectivity index (χ4n) is 3.35. The molecule has 0 atom stereocenters. The van der Waals surface area contributed by atoms with Crippen molar-refractivity contribution < 1.29 is 8.42 Å². The van der Waals surface area contributed by atoms with Crippen LogP contribution in [0.5, 0.6) is 0 Å². The summed E-state index contributed by atoms with van der Waals surface area (Å²) in [4.78, 5) is 9.42. The highest BCUT2D eigenvalue weighted by Gasteiger charge is 2.23. The largest absolute Gasteiger partial charge is 0.337 e. The van der Waals surface area contributed by atoms with Crippen LogP contribution in [0, 0.1) is 6.92 Å². The summed E-state index contributed by atoms with van der Waals surface area (Å²) in [6.07, 6.45) is 0. The Hall–Kier alpha value is -3.45. The lowest BCUT2D eigenvalue weighted by atomic mass is 9.87. The third kappa shape index (κ3) is 4.57. The van der Waals surface area contributed by atoms with E-state index in [1.807, 2.05) is 60.7 Å². The number of para-hydroxylation sites is 3. The zero-order valence-corrected chi connectivity index (χ0v) is 19.4. The Balaban J connectivity index is 1.80. The second-order valence-corrected chi connectivity index (χ2v) is 10.4. The van der Waals surface area contributed by atoms with E-state index in [-0.39, 0.29) is 16.1 Å². The first-order chi connectivity index (χ1) is 15.1. The van der Waals surface area contributed by atoms with Crippen LogP contribution in [0.1, 0.15) is 31.9 Å². The van der Waals surface area contributed by atoms with Gasteiger partial charge >= 0.3 is 0 Å². The van der Waals surface area contributed by atoms with E-state index in [2.05, 4.69) is 40.8 Å². The quantitative estimate of drug-likeness (QED) is 0.406. The van der Waals surface area contributed by atoms with Crippen LogP contribution in [-0.4, -0.2) is 18.4 Å². The molecule has 32 heavy (non-hydrogen) atoms. The van der Waals surface area contributed by atoms with Crippen LogP contribution in [0.25, 0.3) is 11.0 Å². The molecule has 6 nitrogen and oxygen atoms in total. The van der Waals surface area contributed by atoms with E-state index >= 15 is 0 Å². The van der Waals surface area contributed by atoms with Gasteiger partial charge in [-0.15, -0.1) is 0 Å². The topological polar surface area (TPSA) is 84.0 Å². The Labute approximate surface area is 188 Å². The molecule has 7 heteroatoms. The van der Waals surface area contributed by atoms with Gasteiger partial charge < -0.3 is 5.32 Å². The Morgan fingerprint density at radius 3 is 2.00 bits per heavy atom. The van der Waals surface area contributed by atoms with Crippen molar-refractivity contribution in [1.29, 1.82) is 0 Å². The molecule has 0 amide bonds. The summed E-state index contributed by atoms with van der Waals surface area (Å²) in [5.74, 6) is 0.483. The molecule has 0 aliphatic heterocycles. The summed E-state index contributed by atoms with van der Waals surface area (Å²) in [5.41, 5.74) is 3.47. The molecule has 0 saturated heterocycles. The molecular weight excluding hydrogens is 420 g/mol. The van der Waals surface area contributed by atoms with E-state index in [0.29, 0.717) is 22.4 Å². The van der Waals surface area contributed by atoms with Crippen molar-refractivity contribution >= 4 is 38.4 Å². The molecule has 0 bridgehead atoms. The highest BCUT2D eigenvalue weighted by molar-refractivity contribution is 7.92. The fourth-order valence-corrected chi connectivity index (χ4v) is 4.64. The molecular formula is C25H26N4O2S. The summed E-state index contributed by atoms with van der Waals surface area (Å²) in [7, 11) is -3.90. The van der Waals surface area contributed by atoms with Crippen LogP contribution in [0.15, 0.2) is 77.7 Å². The van der Waals surface area contributed by atoms with Gasteiger partial charge in [0, 0.05) is 5.69 Å². The van der Waals surface area contributed by atoms with Gasteiger partial charge in [-0.2, -0.15) is 0 Å². The van der Waals surface area contributed by atoms with Gasteiger partial charge in [0.1, 0.15) is 0 Å². The number of aromatic nitrogens is 2. The molecule has 4 rings (SSSR count). The lowest BCUT2D eigenvalue weighted by Gasteiger charge is -2.21. The summed E-state index contributed by atoms with van der Waals surface area (Å²) in [6, 6.07) is 22.3. The Bertz CT molecular complexity index is 1380. The SMILES string of the molecule is Cc1ccc(C(C)(C)C)cc1S(=O)(=O)Nc1nc2ccccc2nc1Nc1ccccc1. The van der Waals surface area contributed by atoms with Gasteiger partial charge in [0.05, 0.1) is 15.9 Å². The predicted molar refractivity (Wildman–Crippen MR) is 130 cm³/mol. The summed E-state index contributed by atoms with van der Waals surface area (Å²) >= 11 is 0. The molecule has 0 fully saturated rings. The number of benzene rings is 3. The molecule has 4 aromatic rings. The molecule has 0 unspecified atom stereocenters. The fraction of sp³-hybridized carbons (Fsp3) is 0.200. The normalized spacial score (nSPS) is 12.0. The predicted octanol–water partition coefficient (Wildman–Crippen LogP) is 5.78. The first-order valence-electron chi connectivity index (χ1n) is 10.4. The first-order valence-corrected chi connectivity index (χ1v) is 11.8. The number of aryl methyl sites for hydroxylation is 1. The molecule has 1 aromatic heterocycles. The monoisotopic (exact) mass is 446 g/mol. The number of hydrogen-bond acceptors (Lipinski definition) is 5. The highest BCUT2D eigenvalue weighted by Crippen LogP contribution is 2.30. The minimum Gasteiger partial charge on any atom is -0.337 e. The second kappa shape index (κ2) is 8.24. The number of fused-ring (bicyclic) bond motifs is 1. The van der Waals surface area contributed by atoms with E-state index in [0.717, 1.165) is 11.3 Å². The van der Waals surface area contributed by atoms with E-state index in [1.165, 1.54) is 0 Å². The van der Waals surface area contributed by atoms with Crippen molar-refractivity contribution in [1.82, 2.24) is 9.97 Å². The second-order valence-electron chi connectivity index (χ2n) is 8.74. The summed E-state index contributed by atoms with van der Waals surface area (Å²) < 4.78 is 29.5. The Morgan fingerprint density at radius 1 is 0.781 bits per heavy atom. The lowest BCUT2D eigenvalue weighted by molar-refractivity contribution is 0.584. The average Bonchev–Trinajstić information content (AvgIpc) is 2.74. The molecule has 0 radical (unpaired) electrons. The molecule has 0 aliphatic carbocycles. The molecule has 1 heterocycles. The van der Waals surface area contributed by atoms with Gasteiger partial charge in [-0.05, 0) is 53.8 Å². The van der Waals surface area contributed by atoms with Crippen molar-refractivity contribution in [2.75, 3.05) is 10.0 Å². The van der Waals surface area contributed by atoms with Crippen molar-refractivity contribution in [2.45, 2.75) is 38.0 Å². The van der Waals surface area contributed by atoms with Gasteiger partial charge in [-0.3, -0.25) is 4.72 Å². The van der Waals surface area contributed by atoms with Crippen LogP contribution in [0.2, 0.25) is 0 Å². The third-order valence-corrected chi connectivity index (χ3v) is 6.66. The van der Waals surface area contributed by atoms with Crippen LogP contribution in [0.4, 0.5) is 17.3 Å². The van der Waals surface area contributed by atoms with E-state index in [9.17, 15) is 8.42 Å². The number of nitrogens with zero attached hydrogens (tertiary/aromatic N) is 2. The zero-order chi connectivity index (χ0) is 22.9. The van der Waals surface area contributed by atoms with Crippen LogP contribution in [0.3, 0.4) is 0 Å². The molecule has 0 saturated carbocycles. The number of rotatable bonds is 5. The molecule has 0 spiro atoms. The molecule has 2 N–H and O–H groups in total. The zero-order valence-electron chi connectivity index (χ0n) is 18.5. The smallest absolute Gasteiger partial charge is 0.263 e. The summed E-state index contributed by atoms with van der Waals surface area (Å²) in [5, 5.41) is 3.19. The third-order valence-electron chi connectivity index (χ3n) is 5.18. The van der Waals surface area contributed by atoms with Crippen molar-refractivity contribution in [3.63, 3.8) is 0 Å². The maximum absolute atomic E-state index is 13.4. The number of sulfonamides is 1. The van der Waals surface area contributed by atoms with Crippen molar-refractivity contribution in [3.05, 3.63) is 83.9 Å². The van der Waals surface area contributed by atoms with Crippen LogP contribution in [-0.2, 0) is 15.4 Å². The maximum Gasteiger partial charge on any atom is 0.263 e. The van der Waals surface area contributed by atoms with Crippen LogP contribution < -0.4 is 10.0 Å². The van der Waals surface area contributed by atoms with Gasteiger partial charge in [0.15, 0.2) is 11.6 Å². The van der Waals surface area contributed by atoms with E-state index in [4.69, 9.17) is 0 Å². The van der Waals surface area contributed by atoms with Crippen molar-refractivity contribution in [3.8, 4) is 0 Å². The highest BCUT2D eigenvalue weighted by atomic mass is 32.2. The molecule has 3 aromatic carbocycles. The van der Waals surface area contributed by atoms with Gasteiger partial charge in [-0.1, -0.05) is 63.2 Å². The first kappa shape index (κ1) is 21.8. The van der Waals surface area contributed by atoms with Gasteiger partial charge in [0.25, 0.3) is 10.0 Å². The van der Waals surface area contributed by atoms with E-state index < -0.39 is 10.0 Å². The average molecular weight is 447 g/mol. The van der Waals surface area contributed by atoms with Crippen LogP contribution >= 0.6 is 0 Å². The van der Waals surface area contributed by atoms with Gasteiger partial charge in [0.2, 0.25) is 0 Å². The summed E-state index contributed by atoms with van der Waals surface area (Å²) in [6.45, 7) is 7.95. The number of anilines is 3. The Kier molecular flexibility index (Phi) is 5.60. The van der Waals surface area contributed by atoms with Gasteiger partial charge in [-0.25, -0.2) is 18.4 Å².